The minimum atomic E-state index is -3.05. The molecule has 0 N–H and O–H groups in total. The van der Waals surface area contributed by atoms with Gasteiger partial charge in [0.1, 0.15) is 0 Å². The molecular formula is C21H23N5O3S2. The number of pyridine rings is 1. The zero-order valence-electron chi connectivity index (χ0n) is 17.3. The number of thioether (sulfide) groups is 1. The molecule has 1 saturated heterocycles. The molecule has 1 aliphatic heterocycles. The molecule has 3 aromatic rings. The lowest BCUT2D eigenvalue weighted by Gasteiger charge is -2.23. The van der Waals surface area contributed by atoms with Crippen molar-refractivity contribution in [1.29, 1.82) is 0 Å². The first-order chi connectivity index (χ1) is 14.9. The SMILES string of the molecule is Cc1ccccc1-n1c(SCC(=O)N(C)[C@H]2CCS(=O)(=O)C2)nnc1-c1ccncc1. The summed E-state index contributed by atoms with van der Waals surface area (Å²) in [6.45, 7) is 2.01. The summed E-state index contributed by atoms with van der Waals surface area (Å²) >= 11 is 1.29. The number of benzene rings is 1. The Kier molecular flexibility index (Phi) is 6.10. The summed E-state index contributed by atoms with van der Waals surface area (Å²) < 4.78 is 25.4. The summed E-state index contributed by atoms with van der Waals surface area (Å²) in [5.74, 6) is 0.858. The van der Waals surface area contributed by atoms with Crippen molar-refractivity contribution >= 4 is 27.5 Å². The fourth-order valence-corrected chi connectivity index (χ4v) is 6.24. The first kappa shape index (κ1) is 21.5. The van der Waals surface area contributed by atoms with E-state index in [0.717, 1.165) is 16.8 Å². The molecule has 8 nitrogen and oxygen atoms in total. The van der Waals surface area contributed by atoms with Gasteiger partial charge in [-0.15, -0.1) is 10.2 Å². The van der Waals surface area contributed by atoms with Crippen LogP contribution in [0.5, 0.6) is 0 Å². The largest absolute Gasteiger partial charge is 0.341 e. The Morgan fingerprint density at radius 3 is 2.61 bits per heavy atom. The van der Waals surface area contributed by atoms with Crippen LogP contribution in [0.3, 0.4) is 0 Å². The van der Waals surface area contributed by atoms with Gasteiger partial charge in [0.25, 0.3) is 0 Å². The lowest BCUT2D eigenvalue weighted by atomic mass is 10.2. The van der Waals surface area contributed by atoms with Gasteiger partial charge in [-0.25, -0.2) is 8.42 Å². The van der Waals surface area contributed by atoms with Crippen LogP contribution in [0.1, 0.15) is 12.0 Å². The summed E-state index contributed by atoms with van der Waals surface area (Å²) in [6, 6.07) is 11.4. The van der Waals surface area contributed by atoms with Crippen LogP contribution in [0.4, 0.5) is 0 Å². The van der Waals surface area contributed by atoms with E-state index < -0.39 is 9.84 Å². The monoisotopic (exact) mass is 457 g/mol. The second-order valence-electron chi connectivity index (χ2n) is 7.51. The first-order valence-electron chi connectivity index (χ1n) is 9.86. The highest BCUT2D eigenvalue weighted by atomic mass is 32.2. The Bertz CT molecular complexity index is 1190. The molecule has 0 spiro atoms. The van der Waals surface area contributed by atoms with Gasteiger partial charge in [-0.2, -0.15) is 0 Å². The summed E-state index contributed by atoms with van der Waals surface area (Å²) in [5.41, 5.74) is 2.86. The molecule has 10 heteroatoms. The summed E-state index contributed by atoms with van der Waals surface area (Å²) in [7, 11) is -1.38. The van der Waals surface area contributed by atoms with Gasteiger partial charge in [0.2, 0.25) is 5.91 Å². The molecule has 1 amide bonds. The minimum Gasteiger partial charge on any atom is -0.341 e. The number of carbonyl (C=O) groups is 1. The molecule has 0 radical (unpaired) electrons. The average Bonchev–Trinajstić information content (AvgIpc) is 3.35. The summed E-state index contributed by atoms with van der Waals surface area (Å²) in [5, 5.41) is 9.33. The van der Waals surface area contributed by atoms with Gasteiger partial charge in [0.05, 0.1) is 22.9 Å². The van der Waals surface area contributed by atoms with E-state index in [2.05, 4.69) is 15.2 Å². The fourth-order valence-electron chi connectivity index (χ4n) is 3.60. The zero-order chi connectivity index (χ0) is 22.0. The third-order valence-corrected chi connectivity index (χ3v) is 8.07. The molecule has 4 rings (SSSR count). The van der Waals surface area contributed by atoms with Gasteiger partial charge in [0.15, 0.2) is 20.8 Å². The zero-order valence-corrected chi connectivity index (χ0v) is 18.9. The predicted molar refractivity (Wildman–Crippen MR) is 120 cm³/mol. The maximum Gasteiger partial charge on any atom is 0.233 e. The van der Waals surface area contributed by atoms with Crippen molar-refractivity contribution in [2.75, 3.05) is 24.3 Å². The molecule has 3 heterocycles. The van der Waals surface area contributed by atoms with Crippen molar-refractivity contribution in [3.8, 4) is 17.1 Å². The Labute approximate surface area is 185 Å². The maximum atomic E-state index is 12.8. The number of rotatable bonds is 6. The second-order valence-corrected chi connectivity index (χ2v) is 10.7. The van der Waals surface area contributed by atoms with Crippen molar-refractivity contribution in [2.24, 2.45) is 0 Å². The number of aromatic nitrogens is 4. The van der Waals surface area contributed by atoms with Crippen molar-refractivity contribution in [2.45, 2.75) is 24.5 Å². The molecule has 0 saturated carbocycles. The predicted octanol–water partition coefficient (Wildman–Crippen LogP) is 2.38. The van der Waals surface area contributed by atoms with E-state index in [0.29, 0.717) is 17.4 Å². The summed E-state index contributed by atoms with van der Waals surface area (Å²) in [6.07, 6.45) is 3.89. The molecule has 31 heavy (non-hydrogen) atoms. The van der Waals surface area contributed by atoms with Gasteiger partial charge in [-0.1, -0.05) is 30.0 Å². The molecule has 1 atom stereocenters. The van der Waals surface area contributed by atoms with Gasteiger partial charge >= 0.3 is 0 Å². The van der Waals surface area contributed by atoms with Gasteiger partial charge in [0, 0.05) is 31.0 Å². The van der Waals surface area contributed by atoms with Crippen LogP contribution in [0.25, 0.3) is 17.1 Å². The highest BCUT2D eigenvalue weighted by Crippen LogP contribution is 2.29. The van der Waals surface area contributed by atoms with Crippen molar-refractivity contribution < 1.29 is 13.2 Å². The molecule has 1 aromatic carbocycles. The molecule has 162 valence electrons. The second kappa shape index (κ2) is 8.80. The third kappa shape index (κ3) is 4.64. The molecule has 0 unspecified atom stereocenters. The number of amides is 1. The van der Waals surface area contributed by atoms with Crippen LogP contribution >= 0.6 is 11.8 Å². The van der Waals surface area contributed by atoms with Crippen LogP contribution in [0.2, 0.25) is 0 Å². The van der Waals surface area contributed by atoms with Crippen LogP contribution in [-0.4, -0.2) is 69.3 Å². The fraction of sp³-hybridized carbons (Fsp3) is 0.333. The molecule has 0 bridgehead atoms. The maximum absolute atomic E-state index is 12.8. The number of aryl methyl sites for hydroxylation is 1. The summed E-state index contributed by atoms with van der Waals surface area (Å²) in [4.78, 5) is 18.4. The van der Waals surface area contributed by atoms with Crippen LogP contribution in [0, 0.1) is 6.92 Å². The van der Waals surface area contributed by atoms with Crippen LogP contribution in [-0.2, 0) is 14.6 Å². The topological polar surface area (TPSA) is 98.1 Å². The van der Waals surface area contributed by atoms with Crippen LogP contribution in [0.15, 0.2) is 53.9 Å². The number of nitrogens with zero attached hydrogens (tertiary/aromatic N) is 5. The number of hydrogen-bond donors (Lipinski definition) is 0. The van der Waals surface area contributed by atoms with E-state index in [1.54, 1.807) is 24.3 Å². The quantitative estimate of drug-likeness (QED) is 0.524. The standard InChI is InChI=1S/C21H23N5O3S2/c1-15-5-3-4-6-18(15)26-20(16-7-10-22-11-8-16)23-24-21(26)30-13-19(27)25(2)17-9-12-31(28,29)14-17/h3-8,10-11,17H,9,12-14H2,1-2H3/t17-/m0/s1. The Morgan fingerprint density at radius 2 is 1.94 bits per heavy atom. The molecular weight excluding hydrogens is 434 g/mol. The molecule has 1 fully saturated rings. The number of para-hydroxylation sites is 1. The van der Waals surface area contributed by atoms with E-state index in [1.165, 1.54) is 11.8 Å². The highest BCUT2D eigenvalue weighted by Gasteiger charge is 2.32. The first-order valence-corrected chi connectivity index (χ1v) is 12.7. The van der Waals surface area contributed by atoms with Crippen molar-refractivity contribution in [1.82, 2.24) is 24.6 Å². The Hall–Kier alpha value is -2.72. The molecule has 2 aromatic heterocycles. The van der Waals surface area contributed by atoms with Crippen molar-refractivity contribution in [3.63, 3.8) is 0 Å². The Balaban J connectivity index is 1.60. The van der Waals surface area contributed by atoms with Crippen molar-refractivity contribution in [3.05, 3.63) is 54.4 Å². The highest BCUT2D eigenvalue weighted by molar-refractivity contribution is 7.99. The van der Waals surface area contributed by atoms with Gasteiger partial charge < -0.3 is 4.90 Å². The van der Waals surface area contributed by atoms with E-state index in [-0.39, 0.29) is 29.2 Å². The average molecular weight is 458 g/mol. The van der Waals surface area contributed by atoms with Gasteiger partial charge in [-0.05, 0) is 37.1 Å². The lowest BCUT2D eigenvalue weighted by molar-refractivity contribution is -0.128. The third-order valence-electron chi connectivity index (χ3n) is 5.40. The van der Waals surface area contributed by atoms with E-state index >= 15 is 0 Å². The smallest absolute Gasteiger partial charge is 0.233 e. The lowest BCUT2D eigenvalue weighted by Crippen LogP contribution is -2.38. The number of hydrogen-bond acceptors (Lipinski definition) is 7. The van der Waals surface area contributed by atoms with E-state index in [9.17, 15) is 13.2 Å². The molecule has 0 aliphatic carbocycles. The van der Waals surface area contributed by atoms with Crippen LogP contribution < -0.4 is 0 Å². The Morgan fingerprint density at radius 1 is 1.19 bits per heavy atom. The molecule has 1 aliphatic rings. The van der Waals surface area contributed by atoms with E-state index in [1.807, 2.05) is 47.9 Å². The van der Waals surface area contributed by atoms with E-state index in [4.69, 9.17) is 0 Å². The number of carbonyl (C=O) groups excluding carboxylic acids is 1. The normalized spacial score (nSPS) is 17.5. The minimum absolute atomic E-state index is 0.0332. The number of sulfone groups is 1. The van der Waals surface area contributed by atoms with Gasteiger partial charge in [-0.3, -0.25) is 14.3 Å².